The highest BCUT2D eigenvalue weighted by Gasteiger charge is 2.12. The number of hydrogen-bond acceptors (Lipinski definition) is 4. The molecule has 0 spiro atoms. The Hall–Kier alpha value is -1.45. The van der Waals surface area contributed by atoms with Crippen molar-refractivity contribution in [1.29, 1.82) is 0 Å². The molecule has 1 aromatic rings. The average molecular weight is 222 g/mol. The molecule has 0 aliphatic rings. The van der Waals surface area contributed by atoms with Gasteiger partial charge < -0.3 is 4.74 Å². The van der Waals surface area contributed by atoms with Crippen molar-refractivity contribution in [3.63, 3.8) is 0 Å². The Bertz CT molecular complexity index is 353. The maximum absolute atomic E-state index is 11.9. The summed E-state index contributed by atoms with van der Waals surface area (Å²) < 4.78 is 4.95. The topological polar surface area (TPSA) is 52.1 Å². The van der Waals surface area contributed by atoms with E-state index in [9.17, 15) is 4.79 Å². The Kier molecular flexibility index (Phi) is 4.89. The number of rotatable bonds is 6. The smallest absolute Gasteiger partial charge is 0.216 e. The van der Waals surface area contributed by atoms with E-state index in [1.807, 2.05) is 0 Å². The zero-order valence-electron chi connectivity index (χ0n) is 10.1. The molecule has 1 unspecified atom stereocenters. The number of methoxy groups -OCH3 is 1. The summed E-state index contributed by atoms with van der Waals surface area (Å²) in [5.41, 5.74) is 0.440. The van der Waals surface area contributed by atoms with Crippen LogP contribution in [0.4, 0.5) is 0 Å². The third-order valence-electron chi connectivity index (χ3n) is 2.45. The van der Waals surface area contributed by atoms with E-state index in [1.54, 1.807) is 6.07 Å². The van der Waals surface area contributed by atoms with Gasteiger partial charge in [-0.15, -0.1) is 0 Å². The molecule has 0 amide bonds. The van der Waals surface area contributed by atoms with Gasteiger partial charge in [-0.3, -0.25) is 4.79 Å². The van der Waals surface area contributed by atoms with Crippen molar-refractivity contribution in [2.24, 2.45) is 5.92 Å². The van der Waals surface area contributed by atoms with E-state index in [4.69, 9.17) is 4.74 Å². The number of ether oxygens (including phenoxy) is 1. The first-order valence-electron chi connectivity index (χ1n) is 5.56. The fourth-order valence-corrected chi connectivity index (χ4v) is 1.62. The molecular weight excluding hydrogens is 204 g/mol. The van der Waals surface area contributed by atoms with Crippen LogP contribution < -0.4 is 4.74 Å². The van der Waals surface area contributed by atoms with Gasteiger partial charge >= 0.3 is 0 Å². The van der Waals surface area contributed by atoms with Gasteiger partial charge in [0.05, 0.1) is 7.11 Å². The lowest BCUT2D eigenvalue weighted by Crippen LogP contribution is -2.08. The number of hydrogen-bond donors (Lipinski definition) is 0. The number of carbonyl (C=O) groups excluding carboxylic acids is 1. The predicted octanol–water partition coefficient (Wildman–Crippen LogP) is 2.49. The molecule has 1 rings (SSSR count). The first-order chi connectivity index (χ1) is 7.67. The molecule has 0 radical (unpaired) electrons. The Labute approximate surface area is 96.1 Å². The Morgan fingerprint density at radius 2 is 2.25 bits per heavy atom. The molecule has 16 heavy (non-hydrogen) atoms. The minimum absolute atomic E-state index is 0.0571. The van der Waals surface area contributed by atoms with E-state index in [0.29, 0.717) is 23.9 Å². The molecule has 1 aromatic heterocycles. The van der Waals surface area contributed by atoms with Crippen molar-refractivity contribution >= 4 is 5.78 Å². The van der Waals surface area contributed by atoms with Crippen LogP contribution in [0.25, 0.3) is 0 Å². The highest BCUT2D eigenvalue weighted by Crippen LogP contribution is 2.14. The number of ketones is 1. The second kappa shape index (κ2) is 6.20. The first-order valence-corrected chi connectivity index (χ1v) is 5.56. The summed E-state index contributed by atoms with van der Waals surface area (Å²) in [7, 11) is 1.52. The van der Waals surface area contributed by atoms with E-state index in [-0.39, 0.29) is 5.78 Å². The van der Waals surface area contributed by atoms with Gasteiger partial charge in [0.25, 0.3) is 0 Å². The Morgan fingerprint density at radius 1 is 1.50 bits per heavy atom. The lowest BCUT2D eigenvalue weighted by molar-refractivity contribution is 0.0957. The van der Waals surface area contributed by atoms with E-state index in [0.717, 1.165) is 12.8 Å². The SMILES string of the molecule is CCCC(C)CC(=O)c1cc(OC)ncn1. The standard InChI is InChI=1S/C12H18N2O2/c1-4-5-9(2)6-11(15)10-7-12(16-3)14-8-13-10/h7-9H,4-6H2,1-3H3. The van der Waals surface area contributed by atoms with Crippen LogP contribution in [0.15, 0.2) is 12.4 Å². The lowest BCUT2D eigenvalue weighted by atomic mass is 9.98. The molecule has 0 saturated heterocycles. The molecular formula is C12H18N2O2. The summed E-state index contributed by atoms with van der Waals surface area (Å²) in [5, 5.41) is 0. The Balaban J connectivity index is 2.65. The second-order valence-corrected chi connectivity index (χ2v) is 3.97. The van der Waals surface area contributed by atoms with E-state index >= 15 is 0 Å². The van der Waals surface area contributed by atoms with Crippen molar-refractivity contribution in [2.45, 2.75) is 33.1 Å². The summed E-state index contributed by atoms with van der Waals surface area (Å²) in [6.07, 6.45) is 4.06. The molecule has 88 valence electrons. The molecule has 0 fully saturated rings. The van der Waals surface area contributed by atoms with Gasteiger partial charge in [0.2, 0.25) is 5.88 Å². The fourth-order valence-electron chi connectivity index (χ4n) is 1.62. The van der Waals surface area contributed by atoms with Gasteiger partial charge in [-0.05, 0) is 5.92 Å². The lowest BCUT2D eigenvalue weighted by Gasteiger charge is -2.08. The molecule has 1 atom stereocenters. The van der Waals surface area contributed by atoms with E-state index in [1.165, 1.54) is 13.4 Å². The minimum Gasteiger partial charge on any atom is -0.481 e. The summed E-state index contributed by atoms with van der Waals surface area (Å²) >= 11 is 0. The average Bonchev–Trinajstić information content (AvgIpc) is 2.29. The van der Waals surface area contributed by atoms with Crippen LogP contribution in [0, 0.1) is 5.92 Å². The normalized spacial score (nSPS) is 12.2. The third-order valence-corrected chi connectivity index (χ3v) is 2.45. The monoisotopic (exact) mass is 222 g/mol. The number of aromatic nitrogens is 2. The van der Waals surface area contributed by atoms with Crippen molar-refractivity contribution in [3.05, 3.63) is 18.1 Å². The largest absolute Gasteiger partial charge is 0.481 e. The molecule has 4 nitrogen and oxygen atoms in total. The summed E-state index contributed by atoms with van der Waals surface area (Å²) in [6, 6.07) is 1.58. The Morgan fingerprint density at radius 3 is 2.88 bits per heavy atom. The van der Waals surface area contributed by atoms with Crippen molar-refractivity contribution in [1.82, 2.24) is 9.97 Å². The van der Waals surface area contributed by atoms with Crippen molar-refractivity contribution in [2.75, 3.05) is 7.11 Å². The quantitative estimate of drug-likeness (QED) is 0.694. The van der Waals surface area contributed by atoms with Gasteiger partial charge in [-0.1, -0.05) is 26.7 Å². The predicted molar refractivity (Wildman–Crippen MR) is 61.6 cm³/mol. The molecule has 0 aromatic carbocycles. The number of Topliss-reactive ketones (excluding diaryl/α,β-unsaturated/α-hetero) is 1. The van der Waals surface area contributed by atoms with E-state index < -0.39 is 0 Å². The minimum atomic E-state index is 0.0571. The van der Waals surface area contributed by atoms with Crippen LogP contribution >= 0.6 is 0 Å². The highest BCUT2D eigenvalue weighted by molar-refractivity contribution is 5.94. The van der Waals surface area contributed by atoms with Gasteiger partial charge in [-0.2, -0.15) is 0 Å². The van der Waals surface area contributed by atoms with Gasteiger partial charge in [0.15, 0.2) is 5.78 Å². The van der Waals surface area contributed by atoms with Crippen molar-refractivity contribution in [3.8, 4) is 5.88 Å². The van der Waals surface area contributed by atoms with Gasteiger partial charge in [0.1, 0.15) is 12.0 Å². The summed E-state index contributed by atoms with van der Waals surface area (Å²) in [4.78, 5) is 19.7. The van der Waals surface area contributed by atoms with Crippen LogP contribution in [0.3, 0.4) is 0 Å². The van der Waals surface area contributed by atoms with Gasteiger partial charge in [0, 0.05) is 12.5 Å². The van der Waals surface area contributed by atoms with Crippen LogP contribution in [0.2, 0.25) is 0 Å². The van der Waals surface area contributed by atoms with Crippen LogP contribution in [-0.2, 0) is 0 Å². The maximum atomic E-state index is 11.9. The molecule has 0 bridgehead atoms. The maximum Gasteiger partial charge on any atom is 0.216 e. The van der Waals surface area contributed by atoms with Gasteiger partial charge in [-0.25, -0.2) is 9.97 Å². The van der Waals surface area contributed by atoms with Crippen LogP contribution in [0.5, 0.6) is 5.88 Å². The zero-order valence-corrected chi connectivity index (χ0v) is 10.1. The molecule has 1 heterocycles. The van der Waals surface area contributed by atoms with E-state index in [2.05, 4.69) is 23.8 Å². The number of carbonyl (C=O) groups is 1. The molecule has 0 N–H and O–H groups in total. The number of nitrogens with zero attached hydrogens (tertiary/aromatic N) is 2. The van der Waals surface area contributed by atoms with Crippen LogP contribution in [0.1, 0.15) is 43.6 Å². The fraction of sp³-hybridized carbons (Fsp3) is 0.583. The third kappa shape index (κ3) is 3.61. The molecule has 0 aliphatic heterocycles. The molecule has 0 saturated carbocycles. The zero-order chi connectivity index (χ0) is 12.0. The second-order valence-electron chi connectivity index (χ2n) is 3.97. The summed E-state index contributed by atoms with van der Waals surface area (Å²) in [5.74, 6) is 0.890. The first kappa shape index (κ1) is 12.6. The van der Waals surface area contributed by atoms with Crippen LogP contribution in [-0.4, -0.2) is 22.9 Å². The highest BCUT2D eigenvalue weighted by atomic mass is 16.5. The summed E-state index contributed by atoms with van der Waals surface area (Å²) in [6.45, 7) is 4.20. The molecule has 0 aliphatic carbocycles. The van der Waals surface area contributed by atoms with Crippen molar-refractivity contribution < 1.29 is 9.53 Å². The molecule has 4 heteroatoms.